The maximum Gasteiger partial charge on any atom is 0.254 e. The van der Waals surface area contributed by atoms with Gasteiger partial charge in [0, 0.05) is 16.1 Å². The summed E-state index contributed by atoms with van der Waals surface area (Å²) in [5.74, 6) is 1.80. The number of hydrogen-bond acceptors (Lipinski definition) is 2. The molecule has 1 aliphatic rings. The van der Waals surface area contributed by atoms with Crippen LogP contribution in [0.4, 0.5) is 0 Å². The molecule has 0 N–H and O–H groups in total. The molecule has 0 saturated heterocycles. The van der Waals surface area contributed by atoms with Crippen molar-refractivity contribution in [3.8, 4) is 0 Å². The van der Waals surface area contributed by atoms with E-state index in [-0.39, 0.29) is 5.91 Å². The molecular weight excluding hydrogens is 330 g/mol. The lowest BCUT2D eigenvalue weighted by Gasteiger charge is -2.21. The molecule has 0 unspecified atom stereocenters. The first-order valence-corrected chi connectivity index (χ1v) is 7.96. The molecule has 1 aromatic heterocycles. The van der Waals surface area contributed by atoms with Crippen LogP contribution in [0.2, 0.25) is 0 Å². The highest BCUT2D eigenvalue weighted by Gasteiger charge is 2.33. The first-order chi connectivity index (χ1) is 10.0. The third-order valence-electron chi connectivity index (χ3n) is 3.79. The normalized spacial score (nSPS) is 14.2. The van der Waals surface area contributed by atoms with Crippen LogP contribution in [0.15, 0.2) is 39.2 Å². The van der Waals surface area contributed by atoms with E-state index in [0.717, 1.165) is 40.0 Å². The molecule has 0 spiro atoms. The van der Waals surface area contributed by atoms with E-state index in [4.69, 9.17) is 4.42 Å². The lowest BCUT2D eigenvalue weighted by molar-refractivity contribution is 0.0717. The van der Waals surface area contributed by atoms with Gasteiger partial charge in [-0.15, -0.1) is 0 Å². The summed E-state index contributed by atoms with van der Waals surface area (Å²) in [5.41, 5.74) is 1.86. The first-order valence-electron chi connectivity index (χ1n) is 7.17. The van der Waals surface area contributed by atoms with Crippen LogP contribution in [-0.4, -0.2) is 16.8 Å². The fraction of sp³-hybridized carbons (Fsp3) is 0.353. The Hall–Kier alpha value is -1.55. The van der Waals surface area contributed by atoms with Crippen molar-refractivity contribution < 1.29 is 9.21 Å². The highest BCUT2D eigenvalue weighted by atomic mass is 79.9. The molecule has 21 heavy (non-hydrogen) atoms. The zero-order chi connectivity index (χ0) is 15.0. The Balaban J connectivity index is 1.83. The number of carbonyl (C=O) groups excluding carboxylic acids is 1. The average molecular weight is 348 g/mol. The maximum absolute atomic E-state index is 12.8. The summed E-state index contributed by atoms with van der Waals surface area (Å²) in [5, 5.41) is 0. The first kappa shape index (κ1) is 14.4. The van der Waals surface area contributed by atoms with Crippen LogP contribution < -0.4 is 0 Å². The lowest BCUT2D eigenvalue weighted by Crippen LogP contribution is -2.32. The van der Waals surface area contributed by atoms with Crippen LogP contribution in [0.3, 0.4) is 0 Å². The van der Waals surface area contributed by atoms with Crippen molar-refractivity contribution in [3.63, 3.8) is 0 Å². The van der Waals surface area contributed by atoms with Crippen LogP contribution in [0, 0.1) is 13.8 Å². The Morgan fingerprint density at radius 1 is 1.29 bits per heavy atom. The molecule has 4 heteroatoms. The molecule has 1 fully saturated rings. The quantitative estimate of drug-likeness (QED) is 0.817. The smallest absolute Gasteiger partial charge is 0.254 e. The summed E-state index contributed by atoms with van der Waals surface area (Å²) in [6, 6.07) is 10.0. The van der Waals surface area contributed by atoms with Crippen LogP contribution in [-0.2, 0) is 6.54 Å². The molecule has 1 saturated carbocycles. The monoisotopic (exact) mass is 347 g/mol. The molecule has 1 heterocycles. The summed E-state index contributed by atoms with van der Waals surface area (Å²) >= 11 is 3.50. The second kappa shape index (κ2) is 5.68. The highest BCUT2D eigenvalue weighted by molar-refractivity contribution is 9.10. The topological polar surface area (TPSA) is 33.5 Å². The van der Waals surface area contributed by atoms with E-state index < -0.39 is 0 Å². The predicted octanol–water partition coefficient (Wildman–Crippen LogP) is 4.46. The Morgan fingerprint density at radius 3 is 2.62 bits per heavy atom. The molecular formula is C17H18BrNO2. The summed E-state index contributed by atoms with van der Waals surface area (Å²) in [4.78, 5) is 14.7. The molecule has 2 aromatic rings. The SMILES string of the molecule is Cc1ccc(CN(C(=O)c2ccc(C)c(Br)c2)C2CC2)o1. The van der Waals surface area contributed by atoms with E-state index in [9.17, 15) is 4.79 Å². The molecule has 1 amide bonds. The Labute approximate surface area is 133 Å². The maximum atomic E-state index is 12.8. The predicted molar refractivity (Wildman–Crippen MR) is 85.2 cm³/mol. The van der Waals surface area contributed by atoms with Gasteiger partial charge in [-0.3, -0.25) is 4.79 Å². The molecule has 0 aliphatic heterocycles. The van der Waals surface area contributed by atoms with E-state index in [1.165, 1.54) is 0 Å². The molecule has 1 aliphatic carbocycles. The molecule has 110 valence electrons. The fourth-order valence-corrected chi connectivity index (χ4v) is 2.76. The number of amides is 1. The zero-order valence-corrected chi connectivity index (χ0v) is 13.8. The third kappa shape index (κ3) is 3.21. The van der Waals surface area contributed by atoms with Gasteiger partial charge in [-0.05, 0) is 56.5 Å². The van der Waals surface area contributed by atoms with E-state index in [2.05, 4.69) is 15.9 Å². The van der Waals surface area contributed by atoms with E-state index in [1.807, 2.05) is 49.1 Å². The summed E-state index contributed by atoms with van der Waals surface area (Å²) in [7, 11) is 0. The van der Waals surface area contributed by atoms with Gasteiger partial charge in [0.15, 0.2) is 0 Å². The number of benzene rings is 1. The Morgan fingerprint density at radius 2 is 2.05 bits per heavy atom. The third-order valence-corrected chi connectivity index (χ3v) is 4.64. The van der Waals surface area contributed by atoms with Crippen LogP contribution in [0.1, 0.15) is 40.3 Å². The van der Waals surface area contributed by atoms with Crippen molar-refractivity contribution in [2.45, 2.75) is 39.3 Å². The largest absolute Gasteiger partial charge is 0.464 e. The van der Waals surface area contributed by atoms with Gasteiger partial charge in [0.1, 0.15) is 11.5 Å². The van der Waals surface area contributed by atoms with Crippen LogP contribution >= 0.6 is 15.9 Å². The van der Waals surface area contributed by atoms with Crippen molar-refractivity contribution in [1.29, 1.82) is 0 Å². The van der Waals surface area contributed by atoms with Gasteiger partial charge in [0.2, 0.25) is 0 Å². The number of hydrogen-bond donors (Lipinski definition) is 0. The summed E-state index contributed by atoms with van der Waals surface area (Å²) in [6.45, 7) is 4.48. The minimum Gasteiger partial charge on any atom is -0.464 e. The summed E-state index contributed by atoms with van der Waals surface area (Å²) in [6.07, 6.45) is 2.16. The fourth-order valence-electron chi connectivity index (χ4n) is 2.38. The van der Waals surface area contributed by atoms with Crippen molar-refractivity contribution in [2.75, 3.05) is 0 Å². The van der Waals surface area contributed by atoms with Crippen LogP contribution in [0.25, 0.3) is 0 Å². The number of nitrogens with zero attached hydrogens (tertiary/aromatic N) is 1. The molecule has 0 atom stereocenters. The van der Waals surface area contributed by atoms with E-state index in [0.29, 0.717) is 12.6 Å². The number of rotatable bonds is 4. The van der Waals surface area contributed by atoms with Crippen molar-refractivity contribution in [1.82, 2.24) is 4.90 Å². The lowest BCUT2D eigenvalue weighted by atomic mass is 10.1. The van der Waals surface area contributed by atoms with Gasteiger partial charge >= 0.3 is 0 Å². The van der Waals surface area contributed by atoms with E-state index >= 15 is 0 Å². The van der Waals surface area contributed by atoms with Gasteiger partial charge in [0.25, 0.3) is 5.91 Å². The van der Waals surface area contributed by atoms with Crippen molar-refractivity contribution in [3.05, 3.63) is 57.5 Å². The van der Waals surface area contributed by atoms with E-state index in [1.54, 1.807) is 0 Å². The van der Waals surface area contributed by atoms with Crippen molar-refractivity contribution in [2.24, 2.45) is 0 Å². The standard InChI is InChI=1S/C17H18BrNO2/c1-11-3-5-13(9-16(11)18)17(20)19(14-6-7-14)10-15-8-4-12(2)21-15/h3-5,8-9,14H,6-7,10H2,1-2H3. The highest BCUT2D eigenvalue weighted by Crippen LogP contribution is 2.30. The van der Waals surface area contributed by atoms with Crippen molar-refractivity contribution >= 4 is 21.8 Å². The Kier molecular flexibility index (Phi) is 3.89. The number of furan rings is 1. The number of aryl methyl sites for hydroxylation is 2. The Bertz CT molecular complexity index is 673. The van der Waals surface area contributed by atoms with Gasteiger partial charge in [-0.25, -0.2) is 0 Å². The van der Waals surface area contributed by atoms with Gasteiger partial charge < -0.3 is 9.32 Å². The second-order valence-corrected chi connectivity index (χ2v) is 6.49. The minimum absolute atomic E-state index is 0.0762. The van der Waals surface area contributed by atoms with Gasteiger partial charge in [-0.2, -0.15) is 0 Å². The number of halogens is 1. The zero-order valence-electron chi connectivity index (χ0n) is 12.2. The molecule has 0 bridgehead atoms. The minimum atomic E-state index is 0.0762. The van der Waals surface area contributed by atoms with Gasteiger partial charge in [0.05, 0.1) is 6.54 Å². The van der Waals surface area contributed by atoms with Gasteiger partial charge in [-0.1, -0.05) is 22.0 Å². The molecule has 1 aromatic carbocycles. The second-order valence-electron chi connectivity index (χ2n) is 5.64. The number of carbonyl (C=O) groups is 1. The van der Waals surface area contributed by atoms with Crippen LogP contribution in [0.5, 0.6) is 0 Å². The molecule has 0 radical (unpaired) electrons. The molecule has 3 nitrogen and oxygen atoms in total. The molecule has 3 rings (SSSR count). The summed E-state index contributed by atoms with van der Waals surface area (Å²) < 4.78 is 6.59. The average Bonchev–Trinajstić information content (AvgIpc) is 3.21.